The van der Waals surface area contributed by atoms with E-state index in [1.165, 1.54) is 6.26 Å². The number of phenolic OH excluding ortho intramolecular Hbond substituents is 1. The largest absolute Gasteiger partial charge is 0.508 e. The lowest BCUT2D eigenvalue weighted by Gasteiger charge is -1.94. The minimum atomic E-state index is 0.232. The van der Waals surface area contributed by atoms with E-state index < -0.39 is 0 Å². The van der Waals surface area contributed by atoms with Crippen molar-refractivity contribution in [2.45, 2.75) is 0 Å². The highest BCUT2D eigenvalue weighted by atomic mass is 16.5. The average molecular weight is 161 g/mol. The van der Waals surface area contributed by atoms with E-state index in [0.717, 1.165) is 11.3 Å². The van der Waals surface area contributed by atoms with Crippen LogP contribution in [0.3, 0.4) is 0 Å². The molecule has 0 unspecified atom stereocenters. The maximum atomic E-state index is 9.15. The molecule has 2 aromatic rings. The Bertz CT molecular complexity index is 368. The van der Waals surface area contributed by atoms with Crippen molar-refractivity contribution in [3.8, 4) is 17.0 Å². The van der Waals surface area contributed by atoms with Gasteiger partial charge in [-0.1, -0.05) is 17.3 Å². The lowest BCUT2D eigenvalue weighted by atomic mass is 10.1. The van der Waals surface area contributed by atoms with Crippen molar-refractivity contribution >= 4 is 0 Å². The average Bonchev–Trinajstić information content (AvgIpc) is 2.56. The van der Waals surface area contributed by atoms with Crippen LogP contribution in [0.4, 0.5) is 0 Å². The van der Waals surface area contributed by atoms with E-state index in [4.69, 9.17) is 5.11 Å². The van der Waals surface area contributed by atoms with Gasteiger partial charge < -0.3 is 9.63 Å². The van der Waals surface area contributed by atoms with Gasteiger partial charge in [-0.25, -0.2) is 0 Å². The van der Waals surface area contributed by atoms with Crippen LogP contribution in [0.25, 0.3) is 11.3 Å². The molecule has 1 aromatic carbocycles. The Morgan fingerprint density at radius 1 is 1.25 bits per heavy atom. The smallest absolute Gasteiger partial charge is 0.124 e. The monoisotopic (exact) mass is 161 g/mol. The fourth-order valence-corrected chi connectivity index (χ4v) is 1.03. The SMILES string of the molecule is Oc1cccc(-c2ccon2)c1. The van der Waals surface area contributed by atoms with Gasteiger partial charge in [-0.3, -0.25) is 0 Å². The number of aromatic hydroxyl groups is 1. The third kappa shape index (κ3) is 1.16. The zero-order valence-electron chi connectivity index (χ0n) is 6.27. The lowest BCUT2D eigenvalue weighted by molar-refractivity contribution is 0.422. The zero-order chi connectivity index (χ0) is 8.39. The molecule has 0 spiro atoms. The van der Waals surface area contributed by atoms with Crippen molar-refractivity contribution in [1.29, 1.82) is 0 Å². The second-order valence-corrected chi connectivity index (χ2v) is 2.44. The second-order valence-electron chi connectivity index (χ2n) is 2.44. The van der Waals surface area contributed by atoms with Gasteiger partial charge in [-0.2, -0.15) is 0 Å². The van der Waals surface area contributed by atoms with Crippen molar-refractivity contribution < 1.29 is 9.63 Å². The van der Waals surface area contributed by atoms with Gasteiger partial charge in [0.2, 0.25) is 0 Å². The van der Waals surface area contributed by atoms with Gasteiger partial charge in [0.05, 0.1) is 0 Å². The number of hydrogen-bond acceptors (Lipinski definition) is 3. The van der Waals surface area contributed by atoms with Crippen LogP contribution in [0, 0.1) is 0 Å². The van der Waals surface area contributed by atoms with Gasteiger partial charge in [-0.15, -0.1) is 0 Å². The normalized spacial score (nSPS) is 10.0. The Balaban J connectivity index is 2.48. The van der Waals surface area contributed by atoms with Gasteiger partial charge in [0.15, 0.2) is 0 Å². The molecule has 2 rings (SSSR count). The predicted octanol–water partition coefficient (Wildman–Crippen LogP) is 2.05. The van der Waals surface area contributed by atoms with Gasteiger partial charge in [0.25, 0.3) is 0 Å². The topological polar surface area (TPSA) is 46.3 Å². The molecule has 0 fully saturated rings. The van der Waals surface area contributed by atoms with E-state index in [-0.39, 0.29) is 5.75 Å². The van der Waals surface area contributed by atoms with Gasteiger partial charge >= 0.3 is 0 Å². The predicted molar refractivity (Wildman–Crippen MR) is 43.6 cm³/mol. The van der Waals surface area contributed by atoms with E-state index in [0.29, 0.717) is 0 Å². The van der Waals surface area contributed by atoms with Gasteiger partial charge in [-0.05, 0) is 12.1 Å². The Kier molecular flexibility index (Phi) is 1.55. The van der Waals surface area contributed by atoms with E-state index in [2.05, 4.69) is 9.68 Å². The van der Waals surface area contributed by atoms with Crippen LogP contribution in [0.5, 0.6) is 5.75 Å². The maximum Gasteiger partial charge on any atom is 0.124 e. The first-order valence-corrected chi connectivity index (χ1v) is 3.56. The highest BCUT2D eigenvalue weighted by Crippen LogP contribution is 2.20. The van der Waals surface area contributed by atoms with Crippen molar-refractivity contribution in [2.24, 2.45) is 0 Å². The first-order valence-electron chi connectivity index (χ1n) is 3.56. The Labute approximate surface area is 69.2 Å². The third-order valence-corrected chi connectivity index (χ3v) is 1.58. The molecule has 0 atom stereocenters. The Morgan fingerprint density at radius 2 is 2.17 bits per heavy atom. The zero-order valence-corrected chi connectivity index (χ0v) is 6.27. The second kappa shape index (κ2) is 2.70. The summed E-state index contributed by atoms with van der Waals surface area (Å²) in [4.78, 5) is 0. The summed E-state index contributed by atoms with van der Waals surface area (Å²) in [6.45, 7) is 0. The lowest BCUT2D eigenvalue weighted by Crippen LogP contribution is -1.75. The van der Waals surface area contributed by atoms with Crippen molar-refractivity contribution in [1.82, 2.24) is 5.16 Å². The van der Waals surface area contributed by atoms with E-state index in [1.54, 1.807) is 24.3 Å². The van der Waals surface area contributed by atoms with Crippen LogP contribution in [0.1, 0.15) is 0 Å². The summed E-state index contributed by atoms with van der Waals surface area (Å²) in [6.07, 6.45) is 1.50. The summed E-state index contributed by atoms with van der Waals surface area (Å²) < 4.78 is 4.68. The highest BCUT2D eigenvalue weighted by molar-refractivity contribution is 5.59. The molecular formula is C9H7NO2. The van der Waals surface area contributed by atoms with Crippen molar-refractivity contribution in [3.05, 3.63) is 36.6 Å². The summed E-state index contributed by atoms with van der Waals surface area (Å²) in [6, 6.07) is 8.62. The first-order chi connectivity index (χ1) is 5.86. The quantitative estimate of drug-likeness (QED) is 0.696. The fourth-order valence-electron chi connectivity index (χ4n) is 1.03. The molecule has 0 aliphatic rings. The molecular weight excluding hydrogens is 154 g/mol. The third-order valence-electron chi connectivity index (χ3n) is 1.58. The van der Waals surface area contributed by atoms with Gasteiger partial charge in [0.1, 0.15) is 17.7 Å². The number of hydrogen-bond donors (Lipinski definition) is 1. The highest BCUT2D eigenvalue weighted by Gasteiger charge is 2.00. The van der Waals surface area contributed by atoms with Crippen molar-refractivity contribution in [2.75, 3.05) is 0 Å². The van der Waals surface area contributed by atoms with Gasteiger partial charge in [0, 0.05) is 11.6 Å². The summed E-state index contributed by atoms with van der Waals surface area (Å²) in [7, 11) is 0. The molecule has 0 aliphatic carbocycles. The molecule has 1 aromatic heterocycles. The number of benzene rings is 1. The molecule has 0 radical (unpaired) electrons. The molecule has 60 valence electrons. The molecule has 3 nitrogen and oxygen atoms in total. The maximum absolute atomic E-state index is 9.15. The van der Waals surface area contributed by atoms with E-state index in [1.807, 2.05) is 6.07 Å². The van der Waals surface area contributed by atoms with Crippen LogP contribution < -0.4 is 0 Å². The van der Waals surface area contributed by atoms with E-state index >= 15 is 0 Å². The first kappa shape index (κ1) is 6.91. The molecule has 0 amide bonds. The molecule has 12 heavy (non-hydrogen) atoms. The van der Waals surface area contributed by atoms with Crippen LogP contribution in [0.15, 0.2) is 41.1 Å². The molecule has 0 saturated heterocycles. The molecule has 0 aliphatic heterocycles. The van der Waals surface area contributed by atoms with Crippen LogP contribution in [-0.4, -0.2) is 10.3 Å². The summed E-state index contributed by atoms with van der Waals surface area (Å²) in [5.41, 5.74) is 1.58. The number of nitrogens with zero attached hydrogens (tertiary/aromatic N) is 1. The number of phenols is 1. The molecule has 3 heteroatoms. The number of rotatable bonds is 1. The summed E-state index contributed by atoms with van der Waals surface area (Å²) >= 11 is 0. The molecule has 1 N–H and O–H groups in total. The van der Waals surface area contributed by atoms with Crippen molar-refractivity contribution in [3.63, 3.8) is 0 Å². The molecule has 1 heterocycles. The fraction of sp³-hybridized carbons (Fsp3) is 0. The summed E-state index contributed by atoms with van der Waals surface area (Å²) in [5.74, 6) is 0.232. The number of aromatic nitrogens is 1. The van der Waals surface area contributed by atoms with Crippen LogP contribution >= 0.6 is 0 Å². The minimum absolute atomic E-state index is 0.232. The van der Waals surface area contributed by atoms with E-state index in [9.17, 15) is 0 Å². The Hall–Kier alpha value is -1.77. The molecule has 0 bridgehead atoms. The summed E-state index contributed by atoms with van der Waals surface area (Å²) in [5, 5.41) is 12.9. The minimum Gasteiger partial charge on any atom is -0.508 e. The molecule has 0 saturated carbocycles. The van der Waals surface area contributed by atoms with Crippen LogP contribution in [0.2, 0.25) is 0 Å². The standard InChI is InChI=1S/C9H7NO2/c11-8-3-1-2-7(6-8)9-4-5-12-10-9/h1-6,11H. The Morgan fingerprint density at radius 3 is 2.83 bits per heavy atom. The van der Waals surface area contributed by atoms with Crippen LogP contribution in [-0.2, 0) is 0 Å².